The standard InChI is InChI=1S/C17H16Br2Cl2/c1-12-2-5-14(6-3-12)17(10-18,11-19)9-13-4-7-15(20)8-16(13)21/h2-8H,9-11H2,1H3. The van der Waals surface area contributed by atoms with Crippen molar-refractivity contribution in [1.82, 2.24) is 0 Å². The molecule has 2 rings (SSSR count). The van der Waals surface area contributed by atoms with Crippen molar-refractivity contribution < 1.29 is 0 Å². The van der Waals surface area contributed by atoms with Crippen molar-refractivity contribution in [3.8, 4) is 0 Å². The molecule has 0 bridgehead atoms. The van der Waals surface area contributed by atoms with Crippen LogP contribution in [0.3, 0.4) is 0 Å². The molecular weight excluding hydrogens is 435 g/mol. The summed E-state index contributed by atoms with van der Waals surface area (Å²) in [5.74, 6) is 0. The van der Waals surface area contributed by atoms with Crippen molar-refractivity contribution in [3.63, 3.8) is 0 Å². The van der Waals surface area contributed by atoms with E-state index in [0.717, 1.165) is 27.7 Å². The van der Waals surface area contributed by atoms with Gasteiger partial charge in [0.25, 0.3) is 0 Å². The minimum absolute atomic E-state index is 0.0365. The number of hydrogen-bond acceptors (Lipinski definition) is 0. The summed E-state index contributed by atoms with van der Waals surface area (Å²) in [6, 6.07) is 14.4. The predicted octanol–water partition coefficient (Wildman–Crippen LogP) is 6.57. The van der Waals surface area contributed by atoms with Crippen LogP contribution >= 0.6 is 55.1 Å². The largest absolute Gasteiger partial charge is 0.0918 e. The topological polar surface area (TPSA) is 0 Å². The Morgan fingerprint density at radius 3 is 2.10 bits per heavy atom. The van der Waals surface area contributed by atoms with Crippen molar-refractivity contribution >= 4 is 55.1 Å². The quantitative estimate of drug-likeness (QED) is 0.452. The van der Waals surface area contributed by atoms with Crippen molar-refractivity contribution in [2.24, 2.45) is 0 Å². The third-order valence-electron chi connectivity index (χ3n) is 3.72. The molecule has 0 heterocycles. The Balaban J connectivity index is 2.40. The van der Waals surface area contributed by atoms with Gasteiger partial charge in [-0.05, 0) is 36.6 Å². The summed E-state index contributed by atoms with van der Waals surface area (Å²) in [7, 11) is 0. The van der Waals surface area contributed by atoms with Gasteiger partial charge in [0.1, 0.15) is 0 Å². The Morgan fingerprint density at radius 1 is 0.952 bits per heavy atom. The van der Waals surface area contributed by atoms with Gasteiger partial charge in [-0.3, -0.25) is 0 Å². The minimum atomic E-state index is -0.0365. The smallest absolute Gasteiger partial charge is 0.0453 e. The lowest BCUT2D eigenvalue weighted by atomic mass is 9.79. The van der Waals surface area contributed by atoms with Gasteiger partial charge in [-0.25, -0.2) is 0 Å². The maximum Gasteiger partial charge on any atom is 0.0453 e. The minimum Gasteiger partial charge on any atom is -0.0918 e. The van der Waals surface area contributed by atoms with Gasteiger partial charge in [-0.1, -0.05) is 91.0 Å². The highest BCUT2D eigenvalue weighted by Crippen LogP contribution is 2.35. The molecule has 0 aliphatic rings. The number of rotatable bonds is 5. The van der Waals surface area contributed by atoms with Crippen molar-refractivity contribution in [2.45, 2.75) is 18.8 Å². The van der Waals surface area contributed by atoms with Crippen molar-refractivity contribution in [1.29, 1.82) is 0 Å². The van der Waals surface area contributed by atoms with Crippen LogP contribution in [0, 0.1) is 6.92 Å². The third kappa shape index (κ3) is 4.04. The van der Waals surface area contributed by atoms with Crippen molar-refractivity contribution in [2.75, 3.05) is 10.7 Å². The fraction of sp³-hybridized carbons (Fsp3) is 0.294. The first-order valence-corrected chi connectivity index (χ1v) is 9.63. The van der Waals surface area contributed by atoms with E-state index in [-0.39, 0.29) is 5.41 Å². The molecule has 0 spiro atoms. The van der Waals surface area contributed by atoms with Crippen LogP contribution in [0.2, 0.25) is 10.0 Å². The average molecular weight is 451 g/mol. The molecule has 0 aliphatic heterocycles. The summed E-state index contributed by atoms with van der Waals surface area (Å²) in [5.41, 5.74) is 3.64. The fourth-order valence-electron chi connectivity index (χ4n) is 2.32. The molecule has 0 saturated heterocycles. The predicted molar refractivity (Wildman–Crippen MR) is 101 cm³/mol. The van der Waals surface area contributed by atoms with Crippen LogP contribution in [-0.2, 0) is 11.8 Å². The summed E-state index contributed by atoms with van der Waals surface area (Å²) in [4.78, 5) is 0. The molecule has 2 aromatic rings. The lowest BCUT2D eigenvalue weighted by molar-refractivity contribution is 0.551. The van der Waals surface area contributed by atoms with Crippen LogP contribution < -0.4 is 0 Å². The van der Waals surface area contributed by atoms with E-state index in [4.69, 9.17) is 23.2 Å². The second-order valence-electron chi connectivity index (χ2n) is 5.33. The summed E-state index contributed by atoms with van der Waals surface area (Å²) in [5, 5.41) is 3.10. The molecule has 112 valence electrons. The molecule has 4 heteroatoms. The van der Waals surface area contributed by atoms with Crippen LogP contribution in [0.1, 0.15) is 16.7 Å². The van der Waals surface area contributed by atoms with E-state index < -0.39 is 0 Å². The van der Waals surface area contributed by atoms with Gasteiger partial charge in [-0.15, -0.1) is 0 Å². The Kier molecular flexibility index (Phi) is 6.19. The summed E-state index contributed by atoms with van der Waals surface area (Å²) < 4.78 is 0. The van der Waals surface area contributed by atoms with Crippen LogP contribution in [-0.4, -0.2) is 10.7 Å². The first kappa shape index (κ1) is 17.3. The van der Waals surface area contributed by atoms with E-state index in [0.29, 0.717) is 5.02 Å². The van der Waals surface area contributed by atoms with Gasteiger partial charge in [0, 0.05) is 26.1 Å². The van der Waals surface area contributed by atoms with Gasteiger partial charge >= 0.3 is 0 Å². The Morgan fingerprint density at radius 2 is 1.57 bits per heavy atom. The zero-order valence-electron chi connectivity index (χ0n) is 11.7. The van der Waals surface area contributed by atoms with E-state index in [9.17, 15) is 0 Å². The first-order valence-electron chi connectivity index (χ1n) is 6.64. The fourth-order valence-corrected chi connectivity index (χ4v) is 4.77. The molecule has 2 aromatic carbocycles. The van der Waals surface area contributed by atoms with Crippen LogP contribution in [0.5, 0.6) is 0 Å². The van der Waals surface area contributed by atoms with Gasteiger partial charge in [0.2, 0.25) is 0 Å². The number of benzene rings is 2. The third-order valence-corrected chi connectivity index (χ3v) is 6.45. The molecule has 0 saturated carbocycles. The number of halogens is 4. The highest BCUT2D eigenvalue weighted by atomic mass is 79.9. The molecular formula is C17H16Br2Cl2. The molecule has 0 N–H and O–H groups in total. The normalized spacial score (nSPS) is 11.7. The molecule has 0 aliphatic carbocycles. The van der Waals surface area contributed by atoms with E-state index >= 15 is 0 Å². The molecule has 0 unspecified atom stereocenters. The zero-order chi connectivity index (χ0) is 15.5. The average Bonchev–Trinajstić information content (AvgIpc) is 2.48. The molecule has 0 fully saturated rings. The van der Waals surface area contributed by atoms with Crippen LogP contribution in [0.4, 0.5) is 0 Å². The maximum atomic E-state index is 6.35. The van der Waals surface area contributed by atoms with E-state index in [1.165, 1.54) is 11.1 Å². The Hall–Kier alpha value is -0.0200. The van der Waals surface area contributed by atoms with Crippen LogP contribution in [0.25, 0.3) is 0 Å². The number of alkyl halides is 2. The molecule has 21 heavy (non-hydrogen) atoms. The highest BCUT2D eigenvalue weighted by molar-refractivity contribution is 9.09. The van der Waals surface area contributed by atoms with E-state index in [1.54, 1.807) is 6.07 Å². The Bertz CT molecular complexity index is 605. The van der Waals surface area contributed by atoms with Gasteiger partial charge in [0.15, 0.2) is 0 Å². The lowest BCUT2D eigenvalue weighted by Crippen LogP contribution is -2.33. The summed E-state index contributed by atoms with van der Waals surface area (Å²) >= 11 is 19.7. The van der Waals surface area contributed by atoms with E-state index in [1.807, 2.05) is 12.1 Å². The lowest BCUT2D eigenvalue weighted by Gasteiger charge is -2.31. The summed E-state index contributed by atoms with van der Waals surface area (Å²) in [6.45, 7) is 2.10. The zero-order valence-corrected chi connectivity index (χ0v) is 16.4. The molecule has 0 amide bonds. The van der Waals surface area contributed by atoms with Crippen molar-refractivity contribution in [3.05, 3.63) is 69.2 Å². The second kappa shape index (κ2) is 7.50. The summed E-state index contributed by atoms with van der Waals surface area (Å²) in [6.07, 6.45) is 0.850. The number of aryl methyl sites for hydroxylation is 1. The van der Waals surface area contributed by atoms with Gasteiger partial charge in [-0.2, -0.15) is 0 Å². The molecule has 0 radical (unpaired) electrons. The Labute approximate surface area is 153 Å². The number of hydrogen-bond donors (Lipinski definition) is 0. The highest BCUT2D eigenvalue weighted by Gasteiger charge is 2.31. The molecule has 0 aromatic heterocycles. The molecule has 0 nitrogen and oxygen atoms in total. The molecule has 0 atom stereocenters. The van der Waals surface area contributed by atoms with Gasteiger partial charge in [0.05, 0.1) is 0 Å². The monoisotopic (exact) mass is 448 g/mol. The van der Waals surface area contributed by atoms with Gasteiger partial charge < -0.3 is 0 Å². The first-order chi connectivity index (χ1) is 10.0. The maximum absolute atomic E-state index is 6.35. The SMILES string of the molecule is Cc1ccc(C(CBr)(CBr)Cc2ccc(Cl)cc2Cl)cc1. The second-order valence-corrected chi connectivity index (χ2v) is 7.29. The van der Waals surface area contributed by atoms with E-state index in [2.05, 4.69) is 63.0 Å². The van der Waals surface area contributed by atoms with Crippen LogP contribution in [0.15, 0.2) is 42.5 Å².